The number of hydrogen-bond donors (Lipinski definition) is 2. The molecule has 0 aliphatic rings. The summed E-state index contributed by atoms with van der Waals surface area (Å²) >= 11 is 1.53. The molecule has 174 valence electrons. The summed E-state index contributed by atoms with van der Waals surface area (Å²) in [7, 11) is 0. The third kappa shape index (κ3) is 5.51. The molecule has 4 rings (SSSR count). The van der Waals surface area contributed by atoms with Crippen LogP contribution in [0, 0.1) is 20.8 Å². The highest BCUT2D eigenvalue weighted by Crippen LogP contribution is 2.30. The quantitative estimate of drug-likeness (QED) is 0.323. The molecule has 0 aliphatic carbocycles. The second-order valence-electron chi connectivity index (χ2n) is 8.43. The van der Waals surface area contributed by atoms with Gasteiger partial charge >= 0.3 is 0 Å². The number of fused-ring (bicyclic) bond motifs is 1. The van der Waals surface area contributed by atoms with Crippen LogP contribution in [-0.4, -0.2) is 28.7 Å². The monoisotopic (exact) mass is 471 g/mol. The van der Waals surface area contributed by atoms with Gasteiger partial charge in [-0.25, -0.2) is 0 Å². The second kappa shape index (κ2) is 10.6. The molecule has 0 spiro atoms. The molecule has 3 aromatic carbocycles. The Morgan fingerprint density at radius 2 is 1.68 bits per heavy atom. The zero-order chi connectivity index (χ0) is 24.1. The van der Waals surface area contributed by atoms with E-state index in [1.54, 1.807) is 0 Å². The predicted octanol–water partition coefficient (Wildman–Crippen LogP) is 5.73. The molecule has 4 aromatic rings. The molecular formula is C28H29N3O2S. The molecule has 0 bridgehead atoms. The molecule has 0 fully saturated rings. The Balaban J connectivity index is 1.40. The molecule has 0 aliphatic heterocycles. The molecule has 0 radical (unpaired) electrons. The maximum Gasteiger partial charge on any atom is 0.251 e. The van der Waals surface area contributed by atoms with E-state index in [2.05, 4.69) is 39.6 Å². The Labute approximate surface area is 204 Å². The van der Waals surface area contributed by atoms with Crippen LogP contribution in [0.1, 0.15) is 27.0 Å². The van der Waals surface area contributed by atoms with Gasteiger partial charge in [0.2, 0.25) is 5.91 Å². The lowest BCUT2D eigenvalue weighted by molar-refractivity contribution is -0.113. The second-order valence-corrected chi connectivity index (χ2v) is 9.45. The van der Waals surface area contributed by atoms with Gasteiger partial charge in [0.1, 0.15) is 0 Å². The van der Waals surface area contributed by atoms with Crippen LogP contribution in [0.3, 0.4) is 0 Å². The average molecular weight is 472 g/mol. The number of carbonyl (C=O) groups is 2. The van der Waals surface area contributed by atoms with Gasteiger partial charge < -0.3 is 15.2 Å². The van der Waals surface area contributed by atoms with E-state index in [0.717, 1.165) is 32.6 Å². The number of para-hydroxylation sites is 1. The zero-order valence-electron chi connectivity index (χ0n) is 19.7. The minimum Gasteiger partial charge on any atom is -0.350 e. The number of benzene rings is 3. The van der Waals surface area contributed by atoms with E-state index in [1.807, 2.05) is 69.3 Å². The molecule has 0 saturated heterocycles. The zero-order valence-corrected chi connectivity index (χ0v) is 20.5. The summed E-state index contributed by atoms with van der Waals surface area (Å²) in [6.45, 7) is 7.14. The molecule has 0 saturated carbocycles. The van der Waals surface area contributed by atoms with Crippen molar-refractivity contribution in [2.45, 2.75) is 32.2 Å². The molecule has 0 unspecified atom stereocenters. The van der Waals surface area contributed by atoms with Gasteiger partial charge in [0.05, 0.1) is 5.75 Å². The van der Waals surface area contributed by atoms with Crippen LogP contribution in [0.25, 0.3) is 10.9 Å². The highest BCUT2D eigenvalue weighted by molar-refractivity contribution is 8.00. The van der Waals surface area contributed by atoms with Crippen LogP contribution in [-0.2, 0) is 11.3 Å². The summed E-state index contributed by atoms with van der Waals surface area (Å²) in [5, 5.41) is 7.14. The van der Waals surface area contributed by atoms with Crippen LogP contribution < -0.4 is 10.6 Å². The first-order valence-electron chi connectivity index (χ1n) is 11.3. The van der Waals surface area contributed by atoms with Crippen molar-refractivity contribution in [3.8, 4) is 0 Å². The van der Waals surface area contributed by atoms with Crippen molar-refractivity contribution in [3.05, 3.63) is 95.2 Å². The Morgan fingerprint density at radius 1 is 0.912 bits per heavy atom. The maximum absolute atomic E-state index is 12.6. The molecule has 34 heavy (non-hydrogen) atoms. The Hall–Kier alpha value is -3.51. The fourth-order valence-corrected chi connectivity index (χ4v) is 4.90. The third-order valence-corrected chi connectivity index (χ3v) is 6.84. The van der Waals surface area contributed by atoms with Gasteiger partial charge in [0.25, 0.3) is 5.91 Å². The SMILES string of the molecule is Cc1ccc(NC(=O)CSc2cn(CCNC(=O)c3ccccc3C)c3ccccc23)c(C)c1. The minimum absolute atomic E-state index is 0.0284. The van der Waals surface area contributed by atoms with Crippen molar-refractivity contribution in [2.75, 3.05) is 17.6 Å². The molecule has 2 N–H and O–H groups in total. The lowest BCUT2D eigenvalue weighted by atomic mass is 10.1. The normalized spacial score (nSPS) is 10.9. The van der Waals surface area contributed by atoms with E-state index in [0.29, 0.717) is 24.4 Å². The summed E-state index contributed by atoms with van der Waals surface area (Å²) in [6, 6.07) is 21.8. The van der Waals surface area contributed by atoms with Crippen LogP contribution in [0.2, 0.25) is 0 Å². The number of carbonyl (C=O) groups excluding carboxylic acids is 2. The molecule has 1 heterocycles. The Bertz CT molecular complexity index is 1340. The van der Waals surface area contributed by atoms with E-state index in [4.69, 9.17) is 0 Å². The van der Waals surface area contributed by atoms with E-state index >= 15 is 0 Å². The fourth-order valence-electron chi connectivity index (χ4n) is 4.01. The summed E-state index contributed by atoms with van der Waals surface area (Å²) < 4.78 is 2.14. The lowest BCUT2D eigenvalue weighted by Gasteiger charge is -2.09. The van der Waals surface area contributed by atoms with Crippen molar-refractivity contribution < 1.29 is 9.59 Å². The number of hydrogen-bond acceptors (Lipinski definition) is 3. The highest BCUT2D eigenvalue weighted by Gasteiger charge is 2.13. The molecule has 1 aromatic heterocycles. The van der Waals surface area contributed by atoms with Gasteiger partial charge in [-0.2, -0.15) is 0 Å². The topological polar surface area (TPSA) is 63.1 Å². The summed E-state index contributed by atoms with van der Waals surface area (Å²) in [5.74, 6) is 0.234. The van der Waals surface area contributed by atoms with Crippen LogP contribution in [0.4, 0.5) is 5.69 Å². The third-order valence-electron chi connectivity index (χ3n) is 5.79. The Kier molecular flexibility index (Phi) is 7.38. The molecular weight excluding hydrogens is 442 g/mol. The van der Waals surface area contributed by atoms with Gasteiger partial charge in [-0.05, 0) is 50.1 Å². The van der Waals surface area contributed by atoms with E-state index in [-0.39, 0.29) is 11.8 Å². The number of aromatic nitrogens is 1. The first-order valence-corrected chi connectivity index (χ1v) is 12.3. The number of rotatable bonds is 8. The standard InChI is InChI=1S/C28H29N3O2S/c1-19-12-13-24(21(3)16-19)30-27(32)18-34-26-17-31(25-11-7-6-10-23(25)26)15-14-29-28(33)22-9-5-4-8-20(22)2/h4-13,16-17H,14-15,18H2,1-3H3,(H,29,33)(H,30,32). The van der Waals surface area contributed by atoms with Crippen molar-refractivity contribution in [2.24, 2.45) is 0 Å². The first kappa shape index (κ1) is 23.6. The first-order chi connectivity index (χ1) is 16.4. The van der Waals surface area contributed by atoms with Crippen molar-refractivity contribution in [3.63, 3.8) is 0 Å². The number of nitrogens with one attached hydrogen (secondary N) is 2. The number of anilines is 1. The molecule has 5 nitrogen and oxygen atoms in total. The van der Waals surface area contributed by atoms with E-state index in [9.17, 15) is 9.59 Å². The lowest BCUT2D eigenvalue weighted by Crippen LogP contribution is -2.27. The van der Waals surface area contributed by atoms with Crippen LogP contribution in [0.15, 0.2) is 77.8 Å². The van der Waals surface area contributed by atoms with Gasteiger partial charge in [-0.15, -0.1) is 11.8 Å². The van der Waals surface area contributed by atoms with Crippen LogP contribution >= 0.6 is 11.8 Å². The fraction of sp³-hybridized carbons (Fsp3) is 0.214. The van der Waals surface area contributed by atoms with E-state index in [1.165, 1.54) is 17.3 Å². The summed E-state index contributed by atoms with van der Waals surface area (Å²) in [5.41, 5.74) is 5.83. The number of thioether (sulfide) groups is 1. The Morgan fingerprint density at radius 3 is 2.47 bits per heavy atom. The minimum atomic E-state index is -0.0627. The summed E-state index contributed by atoms with van der Waals surface area (Å²) in [6.07, 6.45) is 2.07. The number of aryl methyl sites for hydroxylation is 3. The van der Waals surface area contributed by atoms with Gasteiger partial charge in [0.15, 0.2) is 0 Å². The summed E-state index contributed by atoms with van der Waals surface area (Å²) in [4.78, 5) is 26.2. The molecule has 2 amide bonds. The maximum atomic E-state index is 12.6. The van der Waals surface area contributed by atoms with Gasteiger partial charge in [-0.3, -0.25) is 9.59 Å². The average Bonchev–Trinajstić information content (AvgIpc) is 3.17. The van der Waals surface area contributed by atoms with Crippen molar-refractivity contribution in [1.82, 2.24) is 9.88 Å². The number of nitrogens with zero attached hydrogens (tertiary/aromatic N) is 1. The van der Waals surface area contributed by atoms with Gasteiger partial charge in [-0.1, -0.05) is 54.1 Å². The highest BCUT2D eigenvalue weighted by atomic mass is 32.2. The van der Waals surface area contributed by atoms with Crippen molar-refractivity contribution >= 4 is 40.2 Å². The smallest absolute Gasteiger partial charge is 0.251 e. The molecule has 6 heteroatoms. The van der Waals surface area contributed by atoms with Gasteiger partial charge in [0, 0.05) is 46.3 Å². The molecule has 0 atom stereocenters. The number of amides is 2. The predicted molar refractivity (Wildman–Crippen MR) is 141 cm³/mol. The van der Waals surface area contributed by atoms with Crippen LogP contribution in [0.5, 0.6) is 0 Å². The van der Waals surface area contributed by atoms with Crippen molar-refractivity contribution in [1.29, 1.82) is 0 Å². The van der Waals surface area contributed by atoms with E-state index < -0.39 is 0 Å². The largest absolute Gasteiger partial charge is 0.350 e.